The van der Waals surface area contributed by atoms with Crippen LogP contribution < -0.4 is 0 Å². The van der Waals surface area contributed by atoms with E-state index in [0.29, 0.717) is 6.42 Å². The summed E-state index contributed by atoms with van der Waals surface area (Å²) in [6, 6.07) is 2.05. The molecule has 0 aliphatic rings. The molecule has 0 aliphatic heterocycles. The molecule has 0 heterocycles. The first-order valence-corrected chi connectivity index (χ1v) is 9.77. The highest BCUT2D eigenvalue weighted by molar-refractivity contribution is 6.48. The molecule has 7 nitrogen and oxygen atoms in total. The summed E-state index contributed by atoms with van der Waals surface area (Å²) in [5, 5.41) is 18.5. The molecule has 1 N–H and O–H groups in total. The van der Waals surface area contributed by atoms with Crippen LogP contribution in [-0.2, 0) is 23.9 Å². The van der Waals surface area contributed by atoms with Crippen LogP contribution >= 0.6 is 23.2 Å². The predicted molar refractivity (Wildman–Crippen MR) is 105 cm³/mol. The van der Waals surface area contributed by atoms with Gasteiger partial charge in [-0.15, -0.1) is 23.2 Å². The van der Waals surface area contributed by atoms with Crippen molar-refractivity contribution in [3.05, 3.63) is 0 Å². The van der Waals surface area contributed by atoms with Crippen molar-refractivity contribution in [2.24, 2.45) is 23.2 Å². The first kappa shape index (κ1) is 26.5. The maximum atomic E-state index is 12.5. The molecule has 0 aromatic rings. The topological polar surface area (TPSA) is 114 Å². The van der Waals surface area contributed by atoms with Gasteiger partial charge in [0.15, 0.2) is 0 Å². The fourth-order valence-corrected chi connectivity index (χ4v) is 3.81. The number of esters is 2. The maximum absolute atomic E-state index is 12.5. The molecule has 0 spiro atoms. The largest absolute Gasteiger partial charge is 0.481 e. The highest BCUT2D eigenvalue weighted by Crippen LogP contribution is 2.44. The van der Waals surface area contributed by atoms with Crippen LogP contribution in [0.15, 0.2) is 0 Å². The van der Waals surface area contributed by atoms with Crippen molar-refractivity contribution in [2.45, 2.75) is 57.2 Å². The first-order chi connectivity index (χ1) is 12.9. The summed E-state index contributed by atoms with van der Waals surface area (Å²) in [6.07, 6.45) is 0.563. The molecule has 4 unspecified atom stereocenters. The molecule has 0 bridgehead atoms. The molecule has 0 aliphatic carbocycles. The van der Waals surface area contributed by atoms with E-state index < -0.39 is 45.4 Å². The van der Waals surface area contributed by atoms with Crippen LogP contribution in [0.25, 0.3) is 0 Å². The van der Waals surface area contributed by atoms with Crippen molar-refractivity contribution in [1.82, 2.24) is 0 Å². The molecule has 4 atom stereocenters. The number of ether oxygens (including phenoxy) is 2. The second-order valence-electron chi connectivity index (χ2n) is 7.40. The number of aliphatic carboxylic acids is 1. The SMILES string of the molecule is CCC(Cl)(Cl)CC(C)(CC(CC(C#N)CC(C)C(=O)O)C(=O)OC)C(=O)OC. The van der Waals surface area contributed by atoms with Gasteiger partial charge in [0, 0.05) is 5.92 Å². The third-order valence-electron chi connectivity index (χ3n) is 4.89. The fraction of sp³-hybridized carbons (Fsp3) is 0.789. The summed E-state index contributed by atoms with van der Waals surface area (Å²) >= 11 is 12.5. The number of halogens is 2. The summed E-state index contributed by atoms with van der Waals surface area (Å²) in [7, 11) is 2.45. The molecule has 0 saturated carbocycles. The van der Waals surface area contributed by atoms with Crippen LogP contribution in [0.2, 0.25) is 0 Å². The molecule has 0 aromatic heterocycles. The van der Waals surface area contributed by atoms with Crippen LogP contribution in [0.1, 0.15) is 52.9 Å². The quantitative estimate of drug-likeness (QED) is 0.362. The van der Waals surface area contributed by atoms with E-state index in [1.54, 1.807) is 13.8 Å². The van der Waals surface area contributed by atoms with Crippen LogP contribution in [0.3, 0.4) is 0 Å². The molecule has 0 radical (unpaired) electrons. The van der Waals surface area contributed by atoms with Gasteiger partial charge in [0.1, 0.15) is 4.33 Å². The third-order valence-corrected chi connectivity index (χ3v) is 5.69. The van der Waals surface area contributed by atoms with Crippen molar-refractivity contribution in [3.63, 3.8) is 0 Å². The zero-order chi connectivity index (χ0) is 22.1. The molecule has 0 aromatic carbocycles. The van der Waals surface area contributed by atoms with Crippen molar-refractivity contribution < 1.29 is 29.0 Å². The third kappa shape index (κ3) is 8.24. The van der Waals surface area contributed by atoms with Gasteiger partial charge in [0.05, 0.1) is 37.5 Å². The number of carboxylic acids is 1. The Morgan fingerprint density at radius 1 is 1.18 bits per heavy atom. The lowest BCUT2D eigenvalue weighted by molar-refractivity contribution is -0.156. The number of rotatable bonds is 12. The minimum Gasteiger partial charge on any atom is -0.481 e. The highest BCUT2D eigenvalue weighted by Gasteiger charge is 2.45. The maximum Gasteiger partial charge on any atom is 0.311 e. The van der Waals surface area contributed by atoms with Crippen molar-refractivity contribution in [1.29, 1.82) is 5.26 Å². The minimum atomic E-state index is -1.20. The minimum absolute atomic E-state index is 0.00711. The van der Waals surface area contributed by atoms with Gasteiger partial charge in [0.2, 0.25) is 0 Å². The number of hydrogen-bond donors (Lipinski definition) is 1. The Labute approximate surface area is 176 Å². The number of methoxy groups -OCH3 is 2. The Kier molecular flexibility index (Phi) is 10.9. The van der Waals surface area contributed by atoms with E-state index in [1.807, 2.05) is 6.07 Å². The van der Waals surface area contributed by atoms with E-state index in [2.05, 4.69) is 0 Å². The summed E-state index contributed by atoms with van der Waals surface area (Å²) in [6.45, 7) is 4.87. The fourth-order valence-electron chi connectivity index (χ4n) is 3.22. The molecule has 0 rings (SSSR count). The number of carbonyl (C=O) groups excluding carboxylic acids is 2. The first-order valence-electron chi connectivity index (χ1n) is 9.02. The van der Waals surface area contributed by atoms with Gasteiger partial charge in [0.25, 0.3) is 0 Å². The van der Waals surface area contributed by atoms with Crippen molar-refractivity contribution in [2.75, 3.05) is 14.2 Å². The predicted octanol–water partition coefficient (Wildman–Crippen LogP) is 3.96. The van der Waals surface area contributed by atoms with Gasteiger partial charge < -0.3 is 14.6 Å². The van der Waals surface area contributed by atoms with Gasteiger partial charge in [-0.2, -0.15) is 5.26 Å². The van der Waals surface area contributed by atoms with E-state index in [1.165, 1.54) is 21.1 Å². The van der Waals surface area contributed by atoms with Gasteiger partial charge in [-0.1, -0.05) is 13.8 Å². The zero-order valence-corrected chi connectivity index (χ0v) is 18.5. The van der Waals surface area contributed by atoms with Crippen molar-refractivity contribution in [3.8, 4) is 6.07 Å². The second kappa shape index (κ2) is 11.5. The lowest BCUT2D eigenvalue weighted by atomic mass is 9.74. The molecule has 0 fully saturated rings. The van der Waals surface area contributed by atoms with Crippen LogP contribution in [0.4, 0.5) is 0 Å². The van der Waals surface area contributed by atoms with Gasteiger partial charge in [-0.3, -0.25) is 14.4 Å². The number of nitriles is 1. The Balaban J connectivity index is 5.67. The normalized spacial score (nSPS) is 16.8. The van der Waals surface area contributed by atoms with Crippen LogP contribution in [0, 0.1) is 34.5 Å². The Morgan fingerprint density at radius 3 is 2.14 bits per heavy atom. The summed E-state index contributed by atoms with van der Waals surface area (Å²) < 4.78 is 8.54. The number of hydrogen-bond acceptors (Lipinski definition) is 6. The molecule has 160 valence electrons. The monoisotopic (exact) mass is 437 g/mol. The highest BCUT2D eigenvalue weighted by atomic mass is 35.5. The smallest absolute Gasteiger partial charge is 0.311 e. The lowest BCUT2D eigenvalue weighted by Crippen LogP contribution is -2.39. The van der Waals surface area contributed by atoms with E-state index in [-0.39, 0.29) is 25.7 Å². The van der Waals surface area contributed by atoms with E-state index in [9.17, 15) is 19.6 Å². The molecular weight excluding hydrogens is 409 g/mol. The van der Waals surface area contributed by atoms with Gasteiger partial charge in [-0.05, 0) is 39.0 Å². The summed E-state index contributed by atoms with van der Waals surface area (Å²) in [5.74, 6) is -4.45. The molecule has 0 saturated heterocycles. The number of alkyl halides is 2. The Hall–Kier alpha value is -1.52. The van der Waals surface area contributed by atoms with E-state index in [0.717, 1.165) is 0 Å². The Bertz CT molecular complexity index is 604. The average molecular weight is 438 g/mol. The molecule has 28 heavy (non-hydrogen) atoms. The number of carboxylic acid groups (broad SMARTS) is 1. The standard InChI is InChI=1S/C19H29Cl2NO6/c1-6-19(20,21)11-18(3,17(26)28-5)9-14(16(25)27-4)8-13(10-22)7-12(2)15(23)24/h12-14H,6-9,11H2,1-5H3,(H,23,24). The number of nitrogens with zero attached hydrogens (tertiary/aromatic N) is 1. The summed E-state index contributed by atoms with van der Waals surface area (Å²) in [5.41, 5.74) is -1.19. The lowest BCUT2D eigenvalue weighted by Gasteiger charge is -2.34. The molecule has 9 heteroatoms. The Morgan fingerprint density at radius 2 is 1.75 bits per heavy atom. The second-order valence-corrected chi connectivity index (χ2v) is 9.04. The summed E-state index contributed by atoms with van der Waals surface area (Å²) in [4.78, 5) is 35.9. The zero-order valence-electron chi connectivity index (χ0n) is 17.0. The van der Waals surface area contributed by atoms with Gasteiger partial charge in [-0.25, -0.2) is 0 Å². The van der Waals surface area contributed by atoms with E-state index >= 15 is 0 Å². The van der Waals surface area contributed by atoms with E-state index in [4.69, 9.17) is 37.8 Å². The molecule has 0 amide bonds. The van der Waals surface area contributed by atoms with Crippen molar-refractivity contribution >= 4 is 41.1 Å². The van der Waals surface area contributed by atoms with Crippen LogP contribution in [0.5, 0.6) is 0 Å². The number of carbonyl (C=O) groups is 3. The molecular formula is C19H29Cl2NO6. The average Bonchev–Trinajstić information content (AvgIpc) is 2.64. The van der Waals surface area contributed by atoms with Gasteiger partial charge >= 0.3 is 17.9 Å². The van der Waals surface area contributed by atoms with Crippen LogP contribution in [-0.4, -0.2) is 41.6 Å².